The fourth-order valence-corrected chi connectivity index (χ4v) is 4.16. The van der Waals surface area contributed by atoms with Crippen molar-refractivity contribution in [3.63, 3.8) is 0 Å². The summed E-state index contributed by atoms with van der Waals surface area (Å²) in [5, 5.41) is 4.57. The number of anilines is 1. The summed E-state index contributed by atoms with van der Waals surface area (Å²) >= 11 is 1.19. The second-order valence-electron chi connectivity index (χ2n) is 6.73. The molecule has 28 heavy (non-hydrogen) atoms. The summed E-state index contributed by atoms with van der Waals surface area (Å²) in [6, 6.07) is 11.0. The van der Waals surface area contributed by atoms with Crippen LogP contribution in [0.3, 0.4) is 0 Å². The maximum Gasteiger partial charge on any atom is 0.417 e. The maximum atomic E-state index is 13.1. The number of aromatic nitrogens is 1. The van der Waals surface area contributed by atoms with Crippen molar-refractivity contribution in [2.75, 3.05) is 5.32 Å². The number of benzene rings is 2. The van der Waals surface area contributed by atoms with Crippen LogP contribution in [-0.2, 0) is 19.0 Å². The molecule has 0 atom stereocenters. The highest BCUT2D eigenvalue weighted by Gasteiger charge is 2.35. The van der Waals surface area contributed by atoms with Crippen LogP contribution in [0.5, 0.6) is 0 Å². The first kappa shape index (κ1) is 18.7. The Morgan fingerprint density at radius 1 is 1.04 bits per heavy atom. The van der Waals surface area contributed by atoms with Crippen molar-refractivity contribution >= 4 is 22.4 Å². The zero-order chi connectivity index (χ0) is 19.7. The Kier molecular flexibility index (Phi) is 4.93. The van der Waals surface area contributed by atoms with Gasteiger partial charge in [0.2, 0.25) is 0 Å². The number of fused-ring (bicyclic) bond motifs is 1. The number of alkyl halides is 3. The van der Waals surface area contributed by atoms with Crippen LogP contribution in [0.1, 0.15) is 39.9 Å². The monoisotopic (exact) mass is 402 g/mol. The zero-order valence-electron chi connectivity index (χ0n) is 14.8. The van der Waals surface area contributed by atoms with E-state index in [2.05, 4.69) is 22.4 Å². The van der Waals surface area contributed by atoms with E-state index in [4.69, 9.17) is 0 Å². The predicted octanol–water partition coefficient (Wildman–Crippen LogP) is 5.96. The average Bonchev–Trinajstić information content (AvgIpc) is 3.15. The van der Waals surface area contributed by atoms with Crippen LogP contribution in [0.2, 0.25) is 0 Å². The smallest absolute Gasteiger partial charge is 0.298 e. The first-order valence-electron chi connectivity index (χ1n) is 8.97. The topological polar surface area (TPSA) is 42.0 Å². The number of carbonyl (C=O) groups is 1. The second-order valence-corrected chi connectivity index (χ2v) is 7.58. The number of nitrogens with one attached hydrogen (secondary N) is 1. The van der Waals surface area contributed by atoms with Gasteiger partial charge in [0, 0.05) is 10.9 Å². The summed E-state index contributed by atoms with van der Waals surface area (Å²) in [6.07, 6.45) is -0.0745. The Labute approximate surface area is 164 Å². The third kappa shape index (κ3) is 3.80. The lowest BCUT2D eigenvalue weighted by Gasteiger charge is -2.16. The van der Waals surface area contributed by atoms with Gasteiger partial charge in [-0.1, -0.05) is 24.3 Å². The molecule has 1 N–H and O–H groups in total. The molecule has 2 aromatic carbocycles. The summed E-state index contributed by atoms with van der Waals surface area (Å²) in [5.74, 6) is -0.820. The van der Waals surface area contributed by atoms with Gasteiger partial charge < -0.3 is 0 Å². The molecule has 1 heterocycles. The molecule has 0 saturated heterocycles. The standard InChI is InChI=1S/C21H17F3N2OS/c22-21(23,24)17-8-4-3-7-16(17)19(27)26-20-25-18(12-28-20)15-10-9-13-5-1-2-6-14(13)11-15/h3-4,7-12H,1-2,5-6H2,(H,25,26,27). The van der Waals surface area contributed by atoms with Gasteiger partial charge in [0.15, 0.2) is 5.13 Å². The summed E-state index contributed by atoms with van der Waals surface area (Å²) in [6.45, 7) is 0. The Bertz CT molecular complexity index is 1030. The fourth-order valence-electron chi connectivity index (χ4n) is 3.45. The highest BCUT2D eigenvalue weighted by molar-refractivity contribution is 7.14. The number of carbonyl (C=O) groups excluding carboxylic acids is 1. The van der Waals surface area contributed by atoms with Crippen molar-refractivity contribution in [2.24, 2.45) is 0 Å². The maximum absolute atomic E-state index is 13.1. The lowest BCUT2D eigenvalue weighted by molar-refractivity contribution is -0.137. The van der Waals surface area contributed by atoms with Gasteiger partial charge >= 0.3 is 6.18 Å². The molecule has 1 aliphatic carbocycles. The van der Waals surface area contributed by atoms with Crippen LogP contribution in [0.25, 0.3) is 11.3 Å². The van der Waals surface area contributed by atoms with Crippen LogP contribution < -0.4 is 5.32 Å². The molecule has 0 saturated carbocycles. The fraction of sp³-hybridized carbons (Fsp3) is 0.238. The summed E-state index contributed by atoms with van der Waals surface area (Å²) in [5.41, 5.74) is 2.97. The van der Waals surface area contributed by atoms with Crippen LogP contribution in [0.15, 0.2) is 47.8 Å². The number of nitrogens with zero attached hydrogens (tertiary/aromatic N) is 1. The number of thiazole rings is 1. The van der Waals surface area contributed by atoms with Crippen LogP contribution in [0.4, 0.5) is 18.3 Å². The summed E-state index contributed by atoms with van der Waals surface area (Å²) in [4.78, 5) is 16.8. The molecule has 0 fully saturated rings. The van der Waals surface area contributed by atoms with Gasteiger partial charge in [0.25, 0.3) is 5.91 Å². The number of rotatable bonds is 3. The van der Waals surface area contributed by atoms with E-state index in [9.17, 15) is 18.0 Å². The first-order chi connectivity index (χ1) is 13.4. The zero-order valence-corrected chi connectivity index (χ0v) is 15.7. The van der Waals surface area contributed by atoms with Crippen LogP contribution >= 0.6 is 11.3 Å². The van der Waals surface area contributed by atoms with E-state index >= 15 is 0 Å². The quantitative estimate of drug-likeness (QED) is 0.587. The lowest BCUT2D eigenvalue weighted by Crippen LogP contribution is -2.18. The van der Waals surface area contributed by atoms with E-state index < -0.39 is 23.2 Å². The SMILES string of the molecule is O=C(Nc1nc(-c2ccc3c(c2)CCCC3)cs1)c1ccccc1C(F)(F)F. The van der Waals surface area contributed by atoms with Gasteiger partial charge in [0.05, 0.1) is 16.8 Å². The molecule has 3 aromatic rings. The van der Waals surface area contributed by atoms with Gasteiger partial charge in [-0.15, -0.1) is 11.3 Å². The van der Waals surface area contributed by atoms with Gasteiger partial charge in [-0.2, -0.15) is 13.2 Å². The van der Waals surface area contributed by atoms with Gasteiger partial charge in [-0.05, 0) is 55.0 Å². The summed E-state index contributed by atoms with van der Waals surface area (Å²) < 4.78 is 39.4. The van der Waals surface area contributed by atoms with E-state index in [1.807, 2.05) is 6.07 Å². The molecule has 0 bridgehead atoms. The van der Waals surface area contributed by atoms with Crippen molar-refractivity contribution in [3.05, 3.63) is 70.1 Å². The molecule has 1 amide bonds. The normalized spacial score (nSPS) is 13.8. The van der Waals surface area contributed by atoms with Crippen molar-refractivity contribution in [3.8, 4) is 11.3 Å². The summed E-state index contributed by atoms with van der Waals surface area (Å²) in [7, 11) is 0. The van der Waals surface area contributed by atoms with E-state index in [-0.39, 0.29) is 5.13 Å². The minimum atomic E-state index is -4.59. The van der Waals surface area contributed by atoms with Crippen molar-refractivity contribution in [1.82, 2.24) is 4.98 Å². The van der Waals surface area contributed by atoms with E-state index in [0.717, 1.165) is 30.5 Å². The molecular weight excluding hydrogens is 385 g/mol. The van der Waals surface area contributed by atoms with Crippen molar-refractivity contribution in [2.45, 2.75) is 31.9 Å². The minimum Gasteiger partial charge on any atom is -0.298 e. The second kappa shape index (κ2) is 7.39. The molecule has 1 aromatic heterocycles. The number of amides is 1. The van der Waals surface area contributed by atoms with Crippen molar-refractivity contribution < 1.29 is 18.0 Å². The lowest BCUT2D eigenvalue weighted by atomic mass is 9.90. The number of hydrogen-bond donors (Lipinski definition) is 1. The van der Waals surface area contributed by atoms with Gasteiger partial charge in [0.1, 0.15) is 0 Å². The Hall–Kier alpha value is -2.67. The molecule has 1 aliphatic rings. The van der Waals surface area contributed by atoms with Crippen LogP contribution in [0, 0.1) is 0 Å². The van der Waals surface area contributed by atoms with Crippen LogP contribution in [-0.4, -0.2) is 10.9 Å². The highest BCUT2D eigenvalue weighted by Crippen LogP contribution is 2.33. The average molecular weight is 402 g/mol. The largest absolute Gasteiger partial charge is 0.417 e. The molecule has 0 aliphatic heterocycles. The molecule has 0 radical (unpaired) electrons. The third-order valence-corrected chi connectivity index (χ3v) is 5.60. The third-order valence-electron chi connectivity index (χ3n) is 4.85. The Balaban J connectivity index is 1.55. The van der Waals surface area contributed by atoms with Gasteiger partial charge in [-0.25, -0.2) is 4.98 Å². The molecule has 3 nitrogen and oxygen atoms in total. The highest BCUT2D eigenvalue weighted by atomic mass is 32.1. The first-order valence-corrected chi connectivity index (χ1v) is 9.85. The Morgan fingerprint density at radius 2 is 1.79 bits per heavy atom. The number of aryl methyl sites for hydroxylation is 2. The number of halogens is 3. The van der Waals surface area contributed by atoms with Crippen molar-refractivity contribution in [1.29, 1.82) is 0 Å². The molecular formula is C21H17F3N2OS. The minimum absolute atomic E-state index is 0.273. The number of hydrogen-bond acceptors (Lipinski definition) is 3. The van der Waals surface area contributed by atoms with E-state index in [0.29, 0.717) is 5.69 Å². The van der Waals surface area contributed by atoms with Gasteiger partial charge in [-0.3, -0.25) is 10.1 Å². The van der Waals surface area contributed by atoms with E-state index in [1.54, 1.807) is 5.38 Å². The van der Waals surface area contributed by atoms with E-state index in [1.165, 1.54) is 47.4 Å². The molecule has 4 rings (SSSR count). The molecule has 7 heteroatoms. The predicted molar refractivity (Wildman–Crippen MR) is 104 cm³/mol. The Morgan fingerprint density at radius 3 is 2.57 bits per heavy atom. The molecule has 0 unspecified atom stereocenters. The molecule has 144 valence electrons. The molecule has 0 spiro atoms.